The first-order valence-electron chi connectivity index (χ1n) is 4.94. The Hall–Kier alpha value is -2.22. The molecule has 1 fully saturated rings. The van der Waals surface area contributed by atoms with Crippen LogP contribution in [0.5, 0.6) is 0 Å². The van der Waals surface area contributed by atoms with Crippen molar-refractivity contribution >= 4 is 34.7 Å². The number of nitro benzene ring substituents is 1. The third-order valence-corrected chi connectivity index (χ3v) is 2.93. The topological polar surface area (TPSA) is 97.0 Å². The van der Waals surface area contributed by atoms with Crippen LogP contribution in [0.1, 0.15) is 5.56 Å². The van der Waals surface area contributed by atoms with Crippen molar-refractivity contribution in [2.75, 3.05) is 5.75 Å². The van der Waals surface area contributed by atoms with Crippen molar-refractivity contribution in [3.8, 4) is 0 Å². The number of nitro groups is 1. The van der Waals surface area contributed by atoms with Crippen molar-refractivity contribution < 1.29 is 9.72 Å². The van der Waals surface area contributed by atoms with E-state index in [1.807, 2.05) is 0 Å². The monoisotopic (exact) mass is 264 g/mol. The van der Waals surface area contributed by atoms with Crippen LogP contribution in [0.3, 0.4) is 0 Å². The summed E-state index contributed by atoms with van der Waals surface area (Å²) >= 11 is 1.24. The minimum atomic E-state index is -0.486. The maximum Gasteiger partial charge on any atom is 0.278 e. The molecular formula is C10H8N4O3S. The lowest BCUT2D eigenvalue weighted by molar-refractivity contribution is -0.385. The number of nitrogens with zero attached hydrogens (tertiary/aromatic N) is 3. The van der Waals surface area contributed by atoms with E-state index in [0.29, 0.717) is 16.5 Å². The van der Waals surface area contributed by atoms with E-state index in [1.165, 1.54) is 24.0 Å². The van der Waals surface area contributed by atoms with Gasteiger partial charge in [-0.2, -0.15) is 5.10 Å². The number of hydrogen-bond donors (Lipinski definition) is 1. The first-order chi connectivity index (χ1) is 8.66. The summed E-state index contributed by atoms with van der Waals surface area (Å²) in [5, 5.41) is 21.1. The molecule has 1 heterocycles. The van der Waals surface area contributed by atoms with Gasteiger partial charge in [-0.3, -0.25) is 14.9 Å². The summed E-state index contributed by atoms with van der Waals surface area (Å²) in [6.07, 6.45) is 1.29. The number of carbonyl (C=O) groups is 1. The van der Waals surface area contributed by atoms with Crippen LogP contribution in [0.15, 0.2) is 34.5 Å². The van der Waals surface area contributed by atoms with Gasteiger partial charge < -0.3 is 5.32 Å². The maximum absolute atomic E-state index is 10.9. The second kappa shape index (κ2) is 5.41. The van der Waals surface area contributed by atoms with Crippen LogP contribution in [0, 0.1) is 10.1 Å². The Morgan fingerprint density at radius 3 is 2.89 bits per heavy atom. The van der Waals surface area contributed by atoms with Gasteiger partial charge in [0.25, 0.3) is 5.69 Å². The van der Waals surface area contributed by atoms with Gasteiger partial charge in [0, 0.05) is 6.07 Å². The van der Waals surface area contributed by atoms with Gasteiger partial charge in [-0.1, -0.05) is 23.9 Å². The summed E-state index contributed by atoms with van der Waals surface area (Å²) < 4.78 is 0. The number of amidine groups is 1. The second-order valence-electron chi connectivity index (χ2n) is 3.30. The molecule has 0 aromatic heterocycles. The molecule has 92 valence electrons. The lowest BCUT2D eigenvalue weighted by atomic mass is 10.2. The summed E-state index contributed by atoms with van der Waals surface area (Å²) in [6.45, 7) is 0. The third-order valence-electron chi connectivity index (χ3n) is 2.07. The van der Waals surface area contributed by atoms with Crippen molar-refractivity contribution in [2.24, 2.45) is 10.2 Å². The van der Waals surface area contributed by atoms with Gasteiger partial charge in [0.15, 0.2) is 5.17 Å². The van der Waals surface area contributed by atoms with Gasteiger partial charge in [-0.15, -0.1) is 5.10 Å². The summed E-state index contributed by atoms with van der Waals surface area (Å²) in [4.78, 5) is 21.1. The van der Waals surface area contributed by atoms with Crippen LogP contribution < -0.4 is 5.32 Å². The number of rotatable bonds is 3. The smallest absolute Gasteiger partial charge is 0.278 e. The molecule has 1 aromatic carbocycles. The number of thioether (sulfide) groups is 1. The van der Waals surface area contributed by atoms with E-state index in [4.69, 9.17) is 0 Å². The Bertz CT molecular complexity index is 556. The van der Waals surface area contributed by atoms with Gasteiger partial charge in [0.2, 0.25) is 5.91 Å². The fourth-order valence-electron chi connectivity index (χ4n) is 1.29. The molecule has 1 aliphatic rings. The Morgan fingerprint density at radius 1 is 1.44 bits per heavy atom. The van der Waals surface area contributed by atoms with E-state index in [9.17, 15) is 14.9 Å². The predicted octanol–water partition coefficient (Wildman–Crippen LogP) is 1.15. The second-order valence-corrected chi connectivity index (χ2v) is 4.27. The number of benzene rings is 1. The standard InChI is InChI=1S/C10H8N4O3S/c15-9-6-18-10(12-9)13-11-5-7-3-1-2-4-8(7)14(16)17/h1-5H,6H2,(H,12,13,15)/b11-5+. The molecule has 1 saturated heterocycles. The van der Waals surface area contributed by atoms with E-state index < -0.39 is 4.92 Å². The average molecular weight is 264 g/mol. The number of nitrogens with one attached hydrogen (secondary N) is 1. The Labute approximate surface area is 106 Å². The van der Waals surface area contributed by atoms with E-state index in [1.54, 1.807) is 18.2 Å². The summed E-state index contributed by atoms with van der Waals surface area (Å²) in [5.41, 5.74) is 0.325. The highest BCUT2D eigenvalue weighted by Crippen LogP contribution is 2.15. The molecule has 0 saturated carbocycles. The highest BCUT2D eigenvalue weighted by molar-refractivity contribution is 8.15. The number of para-hydroxylation sites is 1. The lowest BCUT2D eigenvalue weighted by Gasteiger charge is -1.94. The molecule has 1 N–H and O–H groups in total. The van der Waals surface area contributed by atoms with Crippen molar-refractivity contribution in [1.29, 1.82) is 0 Å². The van der Waals surface area contributed by atoms with Gasteiger partial charge in [-0.05, 0) is 6.07 Å². The van der Waals surface area contributed by atoms with E-state index >= 15 is 0 Å². The highest BCUT2D eigenvalue weighted by atomic mass is 32.2. The minimum Gasteiger partial charge on any atom is -0.303 e. The fraction of sp³-hybridized carbons (Fsp3) is 0.100. The van der Waals surface area contributed by atoms with Crippen LogP contribution in [-0.2, 0) is 4.79 Å². The zero-order valence-electron chi connectivity index (χ0n) is 9.07. The SMILES string of the molecule is O=C1CS/C(=N/N=C/c2ccccc2[N+](=O)[O-])N1. The van der Waals surface area contributed by atoms with Crippen LogP contribution in [0.4, 0.5) is 5.69 Å². The van der Waals surface area contributed by atoms with E-state index in [2.05, 4.69) is 15.5 Å². The highest BCUT2D eigenvalue weighted by Gasteiger charge is 2.16. The van der Waals surface area contributed by atoms with Gasteiger partial charge >= 0.3 is 0 Å². The number of amides is 1. The van der Waals surface area contributed by atoms with Crippen LogP contribution >= 0.6 is 11.8 Å². The maximum atomic E-state index is 10.9. The van der Waals surface area contributed by atoms with Crippen LogP contribution in [-0.4, -0.2) is 28.0 Å². The summed E-state index contributed by atoms with van der Waals surface area (Å²) in [7, 11) is 0. The molecule has 0 unspecified atom stereocenters. The van der Waals surface area contributed by atoms with Gasteiger partial charge in [-0.25, -0.2) is 0 Å². The van der Waals surface area contributed by atoms with Crippen molar-refractivity contribution in [3.63, 3.8) is 0 Å². The van der Waals surface area contributed by atoms with Crippen LogP contribution in [0.2, 0.25) is 0 Å². The van der Waals surface area contributed by atoms with Crippen molar-refractivity contribution in [2.45, 2.75) is 0 Å². The van der Waals surface area contributed by atoms with Crippen molar-refractivity contribution in [1.82, 2.24) is 5.32 Å². The molecule has 1 amide bonds. The van der Waals surface area contributed by atoms with Crippen LogP contribution in [0.25, 0.3) is 0 Å². The Morgan fingerprint density at radius 2 is 2.22 bits per heavy atom. The third kappa shape index (κ3) is 2.92. The summed E-state index contributed by atoms with van der Waals surface area (Å²) in [6, 6.07) is 6.21. The lowest BCUT2D eigenvalue weighted by Crippen LogP contribution is -2.19. The van der Waals surface area contributed by atoms with Gasteiger partial charge in [0.05, 0.1) is 22.5 Å². The first kappa shape index (κ1) is 12.2. The molecule has 0 atom stereocenters. The quantitative estimate of drug-likeness (QED) is 0.503. The molecule has 7 nitrogen and oxygen atoms in total. The molecule has 0 radical (unpaired) electrons. The summed E-state index contributed by atoms with van der Waals surface area (Å²) in [5.74, 6) is 0.194. The number of hydrogen-bond acceptors (Lipinski definition) is 6. The molecule has 2 rings (SSSR count). The van der Waals surface area contributed by atoms with E-state index in [0.717, 1.165) is 0 Å². The fourth-order valence-corrected chi connectivity index (χ4v) is 1.92. The van der Waals surface area contributed by atoms with E-state index in [-0.39, 0.29) is 11.6 Å². The normalized spacial score (nSPS) is 17.3. The van der Waals surface area contributed by atoms with Crippen molar-refractivity contribution in [3.05, 3.63) is 39.9 Å². The molecular weight excluding hydrogens is 256 g/mol. The molecule has 8 heteroatoms. The van der Waals surface area contributed by atoms with Gasteiger partial charge in [0.1, 0.15) is 0 Å². The molecule has 1 aliphatic heterocycles. The average Bonchev–Trinajstić information content (AvgIpc) is 2.75. The molecule has 0 spiro atoms. The molecule has 0 bridgehead atoms. The predicted molar refractivity (Wildman–Crippen MR) is 68.7 cm³/mol. The minimum absolute atomic E-state index is 0.0374. The number of carbonyl (C=O) groups excluding carboxylic acids is 1. The zero-order chi connectivity index (χ0) is 13.0. The molecule has 0 aliphatic carbocycles. The Kier molecular flexibility index (Phi) is 3.68. The largest absolute Gasteiger partial charge is 0.303 e. The zero-order valence-corrected chi connectivity index (χ0v) is 9.88. The molecule has 18 heavy (non-hydrogen) atoms. The first-order valence-corrected chi connectivity index (χ1v) is 5.92. The Balaban J connectivity index is 2.14. The molecule has 1 aromatic rings.